The van der Waals surface area contributed by atoms with Gasteiger partial charge < -0.3 is 0 Å². The third-order valence-corrected chi connectivity index (χ3v) is 2.33. The average molecular weight is 165 g/mol. The number of hydrogen-bond acceptors (Lipinski definition) is 0. The molecule has 0 rings (SSSR count). The van der Waals surface area contributed by atoms with Crippen LogP contribution in [0.3, 0.4) is 0 Å². The average Bonchev–Trinajstić information content (AvgIpc) is 2.03. The van der Waals surface area contributed by atoms with Crippen LogP contribution in [-0.4, -0.2) is 7.28 Å². The molecule has 0 nitrogen and oxygen atoms in total. The number of unbranched alkanes of at least 4 members (excludes halogenated alkanes) is 2. The molecule has 0 aliphatic heterocycles. The van der Waals surface area contributed by atoms with Gasteiger partial charge in [-0.15, -0.1) is 5.98 Å². The van der Waals surface area contributed by atoms with E-state index in [-0.39, 0.29) is 0 Å². The van der Waals surface area contributed by atoms with Gasteiger partial charge in [0.15, 0.2) is 0 Å². The first-order valence-corrected chi connectivity index (χ1v) is 5.18. The molecule has 0 saturated carbocycles. The van der Waals surface area contributed by atoms with Gasteiger partial charge in [-0.25, -0.2) is 0 Å². The lowest BCUT2D eigenvalue weighted by molar-refractivity contribution is 0.621. The van der Waals surface area contributed by atoms with Crippen molar-refractivity contribution in [1.29, 1.82) is 0 Å². The van der Waals surface area contributed by atoms with Crippen LogP contribution in [-0.2, 0) is 0 Å². The molecule has 1 radical (unpaired) electrons. The lowest BCUT2D eigenvalue weighted by atomic mass is 9.61. The summed E-state index contributed by atoms with van der Waals surface area (Å²) >= 11 is 0. The van der Waals surface area contributed by atoms with Gasteiger partial charge >= 0.3 is 0 Å². The van der Waals surface area contributed by atoms with Crippen LogP contribution in [0.25, 0.3) is 0 Å². The molecule has 0 heterocycles. The fraction of sp³-hybridized carbons (Fsp3) is 0.818. The molecule has 69 valence electrons. The van der Waals surface area contributed by atoms with Crippen molar-refractivity contribution in [1.82, 2.24) is 0 Å². The van der Waals surface area contributed by atoms with Crippen LogP contribution in [0.4, 0.5) is 0 Å². The third kappa shape index (κ3) is 6.51. The van der Waals surface area contributed by atoms with Crippen LogP contribution < -0.4 is 0 Å². The highest BCUT2D eigenvalue weighted by atomic mass is 14.0. The molecular weight excluding hydrogens is 143 g/mol. The first-order valence-electron chi connectivity index (χ1n) is 5.18. The lowest BCUT2D eigenvalue weighted by Gasteiger charge is -2.10. The highest BCUT2D eigenvalue weighted by Crippen LogP contribution is 2.14. The fourth-order valence-corrected chi connectivity index (χ4v) is 0.894. The Bertz CT molecular complexity index is 116. The largest absolute Gasteiger partial charge is 0.144 e. The minimum atomic E-state index is 0.711. The van der Waals surface area contributed by atoms with Crippen molar-refractivity contribution in [3.05, 3.63) is 12.1 Å². The van der Waals surface area contributed by atoms with E-state index in [0.717, 1.165) is 5.92 Å². The maximum Gasteiger partial charge on any atom is 0.144 e. The Morgan fingerprint density at radius 1 is 1.25 bits per heavy atom. The summed E-state index contributed by atoms with van der Waals surface area (Å²) in [5, 5.41) is 0. The molecule has 0 N–H and O–H groups in total. The Balaban J connectivity index is 3.33. The van der Waals surface area contributed by atoms with E-state index in [4.69, 9.17) is 0 Å². The summed E-state index contributed by atoms with van der Waals surface area (Å²) in [5.41, 5.74) is 0. The molecule has 0 fully saturated rings. The third-order valence-electron chi connectivity index (χ3n) is 2.33. The topological polar surface area (TPSA) is 0 Å². The predicted octanol–water partition coefficient (Wildman–Crippen LogP) is 3.86. The summed E-state index contributed by atoms with van der Waals surface area (Å²) in [7, 11) is 2.31. The van der Waals surface area contributed by atoms with E-state index in [1.807, 2.05) is 0 Å². The molecular formula is C11H22B. The Morgan fingerprint density at radius 3 is 2.42 bits per heavy atom. The summed E-state index contributed by atoms with van der Waals surface area (Å²) in [5.74, 6) is 3.70. The van der Waals surface area contributed by atoms with Crippen LogP contribution in [0.1, 0.15) is 47.0 Å². The number of hydrogen-bond donors (Lipinski definition) is 0. The van der Waals surface area contributed by atoms with E-state index in [1.54, 1.807) is 0 Å². The second-order valence-corrected chi connectivity index (χ2v) is 3.87. The van der Waals surface area contributed by atoms with Gasteiger partial charge in [0, 0.05) is 0 Å². The van der Waals surface area contributed by atoms with Gasteiger partial charge in [-0.1, -0.05) is 58.3 Å². The van der Waals surface area contributed by atoms with Gasteiger partial charge in [-0.3, -0.25) is 0 Å². The molecule has 0 saturated heterocycles. The standard InChI is InChI=1S/C11H22B/c1-5-6-7-8-9-12-11(4)10(2)3/h8-11H,5-7H2,1-4H3/b9-8+. The van der Waals surface area contributed by atoms with Crippen LogP contribution in [0.5, 0.6) is 0 Å². The quantitative estimate of drug-likeness (QED) is 0.414. The molecule has 1 heteroatoms. The zero-order valence-electron chi connectivity index (χ0n) is 9.01. The van der Waals surface area contributed by atoms with E-state index in [9.17, 15) is 0 Å². The zero-order chi connectivity index (χ0) is 9.40. The molecule has 0 aliphatic rings. The van der Waals surface area contributed by atoms with Gasteiger partial charge in [0.05, 0.1) is 0 Å². The van der Waals surface area contributed by atoms with Gasteiger partial charge in [-0.2, -0.15) is 0 Å². The maximum atomic E-state index is 2.31. The number of rotatable bonds is 6. The second-order valence-electron chi connectivity index (χ2n) is 3.87. The van der Waals surface area contributed by atoms with Crippen molar-refractivity contribution in [2.45, 2.75) is 52.8 Å². The Morgan fingerprint density at radius 2 is 1.92 bits per heavy atom. The first kappa shape index (κ1) is 11.8. The van der Waals surface area contributed by atoms with Crippen molar-refractivity contribution in [3.8, 4) is 0 Å². The summed E-state index contributed by atoms with van der Waals surface area (Å²) in [6, 6.07) is 0. The molecule has 0 aromatic heterocycles. The predicted molar refractivity (Wildman–Crippen MR) is 58.7 cm³/mol. The lowest BCUT2D eigenvalue weighted by Crippen LogP contribution is -2.03. The van der Waals surface area contributed by atoms with Gasteiger partial charge in [0.1, 0.15) is 7.28 Å². The Hall–Kier alpha value is -0.195. The summed E-state index contributed by atoms with van der Waals surface area (Å²) in [4.78, 5) is 0. The summed E-state index contributed by atoms with van der Waals surface area (Å²) in [6.07, 6.45) is 6.13. The van der Waals surface area contributed by atoms with Crippen LogP contribution in [0.15, 0.2) is 12.1 Å². The first-order chi connectivity index (χ1) is 5.68. The number of allylic oxidation sites excluding steroid dienone is 1. The minimum Gasteiger partial charge on any atom is -0.126 e. The zero-order valence-corrected chi connectivity index (χ0v) is 9.01. The smallest absolute Gasteiger partial charge is 0.126 e. The molecule has 0 amide bonds. The van der Waals surface area contributed by atoms with Crippen molar-refractivity contribution >= 4 is 7.28 Å². The highest BCUT2D eigenvalue weighted by Gasteiger charge is 2.04. The van der Waals surface area contributed by atoms with Crippen molar-refractivity contribution in [2.24, 2.45) is 5.92 Å². The molecule has 0 spiro atoms. The van der Waals surface area contributed by atoms with E-state index in [0.29, 0.717) is 5.82 Å². The maximum absolute atomic E-state index is 2.31. The Labute approximate surface area is 78.7 Å². The molecule has 0 bridgehead atoms. The van der Waals surface area contributed by atoms with Crippen molar-refractivity contribution in [3.63, 3.8) is 0 Å². The van der Waals surface area contributed by atoms with Crippen LogP contribution in [0.2, 0.25) is 5.82 Å². The SMILES string of the molecule is CCCC/C=C/[B]C(C)C(C)C. The molecule has 0 aliphatic carbocycles. The van der Waals surface area contributed by atoms with E-state index in [1.165, 1.54) is 19.3 Å². The molecule has 12 heavy (non-hydrogen) atoms. The highest BCUT2D eigenvalue weighted by molar-refractivity contribution is 6.43. The second kappa shape index (κ2) is 7.45. The van der Waals surface area contributed by atoms with Gasteiger partial charge in [0.2, 0.25) is 0 Å². The van der Waals surface area contributed by atoms with E-state index < -0.39 is 0 Å². The summed E-state index contributed by atoms with van der Waals surface area (Å²) in [6.45, 7) is 9.03. The molecule has 1 unspecified atom stereocenters. The monoisotopic (exact) mass is 165 g/mol. The van der Waals surface area contributed by atoms with Crippen molar-refractivity contribution < 1.29 is 0 Å². The molecule has 0 aromatic carbocycles. The van der Waals surface area contributed by atoms with Gasteiger partial charge in [0.25, 0.3) is 0 Å². The van der Waals surface area contributed by atoms with Crippen molar-refractivity contribution in [2.75, 3.05) is 0 Å². The van der Waals surface area contributed by atoms with Crippen LogP contribution >= 0.6 is 0 Å². The molecule has 1 atom stereocenters. The van der Waals surface area contributed by atoms with E-state index >= 15 is 0 Å². The normalized spacial score (nSPS) is 14.1. The Kier molecular flexibility index (Phi) is 7.33. The van der Waals surface area contributed by atoms with Gasteiger partial charge in [-0.05, 0) is 6.42 Å². The summed E-state index contributed by atoms with van der Waals surface area (Å²) < 4.78 is 0. The van der Waals surface area contributed by atoms with E-state index in [2.05, 4.69) is 47.0 Å². The fourth-order valence-electron chi connectivity index (χ4n) is 0.894. The molecule has 0 aromatic rings. The van der Waals surface area contributed by atoms with Crippen LogP contribution in [0, 0.1) is 5.92 Å². The minimum absolute atomic E-state index is 0.711.